The fourth-order valence-corrected chi connectivity index (χ4v) is 2.05. The van der Waals surface area contributed by atoms with Gasteiger partial charge in [-0.05, 0) is 37.2 Å². The topological polar surface area (TPSA) is 76.8 Å². The van der Waals surface area contributed by atoms with Gasteiger partial charge in [-0.15, -0.1) is 0 Å². The Bertz CT molecular complexity index is 430. The van der Waals surface area contributed by atoms with Gasteiger partial charge in [-0.1, -0.05) is 0 Å². The van der Waals surface area contributed by atoms with Gasteiger partial charge < -0.3 is 25.4 Å². The molecule has 1 amide bonds. The third kappa shape index (κ3) is 5.24. The van der Waals surface area contributed by atoms with Crippen molar-refractivity contribution in [3.05, 3.63) is 24.3 Å². The average Bonchev–Trinajstić information content (AvgIpc) is 2.55. The van der Waals surface area contributed by atoms with Gasteiger partial charge in [-0.2, -0.15) is 0 Å². The van der Waals surface area contributed by atoms with Gasteiger partial charge in [0.2, 0.25) is 0 Å². The van der Waals surface area contributed by atoms with E-state index < -0.39 is 0 Å². The summed E-state index contributed by atoms with van der Waals surface area (Å²) in [5.41, 5.74) is 6.47. The molecule has 1 heterocycles. The minimum absolute atomic E-state index is 0.00319. The van der Waals surface area contributed by atoms with E-state index in [2.05, 4.69) is 5.32 Å². The highest BCUT2D eigenvalue weighted by atomic mass is 16.5. The van der Waals surface area contributed by atoms with Crippen LogP contribution in [0, 0.1) is 0 Å². The van der Waals surface area contributed by atoms with Crippen LogP contribution in [0.1, 0.15) is 6.42 Å². The normalized spacial score (nSPS) is 14.8. The number of morpholine rings is 1. The highest BCUT2D eigenvalue weighted by Crippen LogP contribution is 2.15. The van der Waals surface area contributed by atoms with Crippen molar-refractivity contribution in [3.8, 4) is 5.75 Å². The Morgan fingerprint density at radius 1 is 1.29 bits per heavy atom. The van der Waals surface area contributed by atoms with Crippen LogP contribution >= 0.6 is 0 Å². The van der Waals surface area contributed by atoms with E-state index in [1.807, 2.05) is 24.3 Å². The number of hydrogen-bond acceptors (Lipinski definition) is 5. The first-order valence-electron chi connectivity index (χ1n) is 7.32. The number of anilines is 1. The van der Waals surface area contributed by atoms with Gasteiger partial charge in [-0.25, -0.2) is 0 Å². The Balaban J connectivity index is 1.73. The SMILES string of the molecule is NCCCNc1ccc(OCC(=O)N2CCOCC2)cc1. The van der Waals surface area contributed by atoms with Crippen molar-refractivity contribution in [2.24, 2.45) is 5.73 Å². The van der Waals surface area contributed by atoms with Gasteiger partial charge >= 0.3 is 0 Å². The molecule has 0 radical (unpaired) electrons. The van der Waals surface area contributed by atoms with Crippen molar-refractivity contribution in [1.82, 2.24) is 4.90 Å². The van der Waals surface area contributed by atoms with Crippen molar-refractivity contribution in [2.45, 2.75) is 6.42 Å². The molecule has 116 valence electrons. The number of hydrogen-bond donors (Lipinski definition) is 2. The fraction of sp³-hybridized carbons (Fsp3) is 0.533. The van der Waals surface area contributed by atoms with E-state index in [4.69, 9.17) is 15.2 Å². The molecule has 1 aromatic rings. The zero-order valence-corrected chi connectivity index (χ0v) is 12.2. The van der Waals surface area contributed by atoms with Gasteiger partial charge in [0, 0.05) is 25.3 Å². The number of amides is 1. The molecule has 2 rings (SSSR count). The number of ether oxygens (including phenoxy) is 2. The maximum Gasteiger partial charge on any atom is 0.260 e. The molecule has 3 N–H and O–H groups in total. The molecule has 1 fully saturated rings. The van der Waals surface area contributed by atoms with E-state index >= 15 is 0 Å². The van der Waals surface area contributed by atoms with Crippen LogP contribution in [0.25, 0.3) is 0 Å². The second kappa shape index (κ2) is 8.49. The van der Waals surface area contributed by atoms with Crippen LogP contribution in [-0.2, 0) is 9.53 Å². The summed E-state index contributed by atoms with van der Waals surface area (Å²) in [6.45, 7) is 4.10. The summed E-state index contributed by atoms with van der Waals surface area (Å²) >= 11 is 0. The van der Waals surface area contributed by atoms with E-state index in [-0.39, 0.29) is 12.5 Å². The number of nitrogens with two attached hydrogens (primary N) is 1. The van der Waals surface area contributed by atoms with Crippen molar-refractivity contribution in [3.63, 3.8) is 0 Å². The maximum atomic E-state index is 11.9. The lowest BCUT2D eigenvalue weighted by atomic mass is 10.3. The summed E-state index contributed by atoms with van der Waals surface area (Å²) in [5.74, 6) is 0.699. The van der Waals surface area contributed by atoms with Crippen molar-refractivity contribution < 1.29 is 14.3 Å². The third-order valence-corrected chi connectivity index (χ3v) is 3.29. The van der Waals surface area contributed by atoms with Gasteiger partial charge in [0.1, 0.15) is 5.75 Å². The smallest absolute Gasteiger partial charge is 0.260 e. The first kappa shape index (κ1) is 15.6. The first-order valence-corrected chi connectivity index (χ1v) is 7.32. The van der Waals surface area contributed by atoms with Gasteiger partial charge in [0.25, 0.3) is 5.91 Å². The monoisotopic (exact) mass is 293 g/mol. The summed E-state index contributed by atoms with van der Waals surface area (Å²) in [7, 11) is 0. The number of nitrogens with zero attached hydrogens (tertiary/aromatic N) is 1. The molecule has 0 aliphatic carbocycles. The number of benzene rings is 1. The Morgan fingerprint density at radius 2 is 2.00 bits per heavy atom. The highest BCUT2D eigenvalue weighted by molar-refractivity contribution is 5.77. The molecular formula is C15H23N3O3. The number of rotatable bonds is 7. The third-order valence-electron chi connectivity index (χ3n) is 3.29. The lowest BCUT2D eigenvalue weighted by Gasteiger charge is -2.26. The van der Waals surface area contributed by atoms with Gasteiger partial charge in [0.05, 0.1) is 13.2 Å². The quantitative estimate of drug-likeness (QED) is 0.723. The first-order chi connectivity index (χ1) is 10.3. The van der Waals surface area contributed by atoms with Crippen LogP contribution in [0.4, 0.5) is 5.69 Å². The predicted octanol–water partition coefficient (Wildman–Crippen LogP) is 0.685. The lowest BCUT2D eigenvalue weighted by molar-refractivity contribution is -0.137. The van der Waals surface area contributed by atoms with Crippen molar-refractivity contribution >= 4 is 11.6 Å². The molecular weight excluding hydrogens is 270 g/mol. The molecule has 0 bridgehead atoms. The summed E-state index contributed by atoms with van der Waals surface area (Å²) in [6.07, 6.45) is 0.937. The van der Waals surface area contributed by atoms with Crippen LogP contribution in [-0.4, -0.2) is 56.8 Å². The Hall–Kier alpha value is -1.79. The molecule has 0 aromatic heterocycles. The zero-order valence-electron chi connectivity index (χ0n) is 12.2. The Kier molecular flexibility index (Phi) is 6.30. The van der Waals surface area contributed by atoms with Crippen LogP contribution in [0.3, 0.4) is 0 Å². The minimum atomic E-state index is 0.00319. The molecule has 1 aliphatic heterocycles. The maximum absolute atomic E-state index is 11.9. The number of nitrogens with one attached hydrogen (secondary N) is 1. The number of carbonyl (C=O) groups excluding carboxylic acids is 1. The molecule has 6 heteroatoms. The summed E-state index contributed by atoms with van der Waals surface area (Å²) < 4.78 is 10.7. The van der Waals surface area contributed by atoms with Crippen LogP contribution in [0.5, 0.6) is 5.75 Å². The standard InChI is InChI=1S/C15H23N3O3/c16-6-1-7-17-13-2-4-14(5-3-13)21-12-15(19)18-8-10-20-11-9-18/h2-5,17H,1,6-12,16H2. The van der Waals surface area contributed by atoms with Crippen LogP contribution in [0.15, 0.2) is 24.3 Å². The summed E-state index contributed by atoms with van der Waals surface area (Å²) in [5, 5.41) is 3.26. The van der Waals surface area contributed by atoms with Crippen molar-refractivity contribution in [2.75, 3.05) is 51.3 Å². The molecule has 1 aliphatic rings. The van der Waals surface area contributed by atoms with Crippen LogP contribution in [0.2, 0.25) is 0 Å². The molecule has 0 atom stereocenters. The van der Waals surface area contributed by atoms with Gasteiger partial charge in [-0.3, -0.25) is 4.79 Å². The highest BCUT2D eigenvalue weighted by Gasteiger charge is 2.16. The fourth-order valence-electron chi connectivity index (χ4n) is 2.05. The summed E-state index contributed by atoms with van der Waals surface area (Å²) in [6, 6.07) is 7.59. The average molecular weight is 293 g/mol. The van der Waals surface area contributed by atoms with E-state index in [1.54, 1.807) is 4.90 Å². The summed E-state index contributed by atoms with van der Waals surface area (Å²) in [4.78, 5) is 13.7. The van der Waals surface area contributed by atoms with Crippen LogP contribution < -0.4 is 15.8 Å². The molecule has 1 aromatic carbocycles. The number of carbonyl (C=O) groups is 1. The minimum Gasteiger partial charge on any atom is -0.484 e. The molecule has 0 unspecified atom stereocenters. The van der Waals surface area contributed by atoms with E-state index in [0.717, 1.165) is 18.7 Å². The molecule has 0 saturated carbocycles. The molecule has 0 spiro atoms. The molecule has 21 heavy (non-hydrogen) atoms. The Morgan fingerprint density at radius 3 is 2.67 bits per heavy atom. The van der Waals surface area contributed by atoms with E-state index in [1.165, 1.54) is 0 Å². The largest absolute Gasteiger partial charge is 0.484 e. The molecule has 1 saturated heterocycles. The lowest BCUT2D eigenvalue weighted by Crippen LogP contribution is -2.42. The molecule has 6 nitrogen and oxygen atoms in total. The second-order valence-corrected chi connectivity index (χ2v) is 4.88. The predicted molar refractivity (Wildman–Crippen MR) is 81.5 cm³/mol. The van der Waals surface area contributed by atoms with E-state index in [0.29, 0.717) is 38.6 Å². The second-order valence-electron chi connectivity index (χ2n) is 4.88. The van der Waals surface area contributed by atoms with Gasteiger partial charge in [0.15, 0.2) is 6.61 Å². The van der Waals surface area contributed by atoms with Crippen molar-refractivity contribution in [1.29, 1.82) is 0 Å². The zero-order chi connectivity index (χ0) is 14.9. The Labute approximate surface area is 125 Å². The van der Waals surface area contributed by atoms with E-state index in [9.17, 15) is 4.79 Å².